The number of rotatable bonds is 7. The maximum absolute atomic E-state index is 12.8. The Kier molecular flexibility index (Phi) is 7.46. The normalized spacial score (nSPS) is 10.4. The fourth-order valence-corrected chi connectivity index (χ4v) is 3.30. The Hall–Kier alpha value is -1.86. The summed E-state index contributed by atoms with van der Waals surface area (Å²) in [7, 11) is 0. The van der Waals surface area contributed by atoms with Crippen molar-refractivity contribution in [3.8, 4) is 0 Å². The molecular formula is C18H17BrFNO3S. The molecule has 7 heteroatoms. The lowest BCUT2D eigenvalue weighted by atomic mass is 10.2. The quantitative estimate of drug-likeness (QED) is 0.671. The molecule has 0 bridgehead atoms. The number of benzene rings is 2. The zero-order valence-corrected chi connectivity index (χ0v) is 16.0. The van der Waals surface area contributed by atoms with E-state index in [0.29, 0.717) is 11.4 Å². The van der Waals surface area contributed by atoms with Crippen molar-refractivity contribution >= 4 is 45.3 Å². The number of carbonyl (C=O) groups excluding carboxylic acids is 2. The van der Waals surface area contributed by atoms with E-state index in [9.17, 15) is 14.0 Å². The molecule has 0 aliphatic rings. The molecule has 2 rings (SSSR count). The average Bonchev–Trinajstić information content (AvgIpc) is 2.57. The lowest BCUT2D eigenvalue weighted by Crippen LogP contribution is -2.21. The summed E-state index contributed by atoms with van der Waals surface area (Å²) in [6.07, 6.45) is 0. The fourth-order valence-electron chi connectivity index (χ4n) is 1.93. The summed E-state index contributed by atoms with van der Waals surface area (Å²) in [6, 6.07) is 11.6. The van der Waals surface area contributed by atoms with E-state index in [4.69, 9.17) is 4.74 Å². The highest BCUT2D eigenvalue weighted by atomic mass is 79.9. The van der Waals surface area contributed by atoms with Gasteiger partial charge in [-0.05, 0) is 58.2 Å². The van der Waals surface area contributed by atoms with E-state index in [-0.39, 0.29) is 18.2 Å². The largest absolute Gasteiger partial charge is 0.455 e. The summed E-state index contributed by atoms with van der Waals surface area (Å²) in [5.41, 5.74) is 2.60. The van der Waals surface area contributed by atoms with Crippen LogP contribution in [0.4, 0.5) is 10.1 Å². The first-order chi connectivity index (χ1) is 11.9. The van der Waals surface area contributed by atoms with Gasteiger partial charge < -0.3 is 10.1 Å². The molecule has 0 aliphatic heterocycles. The minimum Gasteiger partial charge on any atom is -0.455 e. The van der Waals surface area contributed by atoms with Gasteiger partial charge in [-0.25, -0.2) is 4.39 Å². The monoisotopic (exact) mass is 425 g/mol. The van der Waals surface area contributed by atoms with Crippen molar-refractivity contribution in [2.75, 3.05) is 17.7 Å². The highest BCUT2D eigenvalue weighted by Crippen LogP contribution is 2.23. The SMILES string of the molecule is Cc1ccc(NC(=O)COC(=O)CSCc2ccc(F)cc2)c(Br)c1. The van der Waals surface area contributed by atoms with Gasteiger partial charge in [0, 0.05) is 10.2 Å². The topological polar surface area (TPSA) is 55.4 Å². The average molecular weight is 426 g/mol. The summed E-state index contributed by atoms with van der Waals surface area (Å²) >= 11 is 4.71. The number of esters is 1. The van der Waals surface area contributed by atoms with Crippen molar-refractivity contribution in [1.82, 2.24) is 0 Å². The number of ether oxygens (including phenoxy) is 1. The van der Waals surface area contributed by atoms with Gasteiger partial charge in [-0.1, -0.05) is 18.2 Å². The van der Waals surface area contributed by atoms with E-state index in [1.165, 1.54) is 23.9 Å². The van der Waals surface area contributed by atoms with Crippen LogP contribution in [0.2, 0.25) is 0 Å². The van der Waals surface area contributed by atoms with E-state index in [2.05, 4.69) is 21.2 Å². The molecule has 0 aromatic heterocycles. The zero-order chi connectivity index (χ0) is 18.2. The molecule has 4 nitrogen and oxygen atoms in total. The van der Waals surface area contributed by atoms with Crippen molar-refractivity contribution < 1.29 is 18.7 Å². The van der Waals surface area contributed by atoms with Gasteiger partial charge in [-0.3, -0.25) is 9.59 Å². The number of anilines is 1. The minimum absolute atomic E-state index is 0.124. The van der Waals surface area contributed by atoms with Gasteiger partial charge in [-0.2, -0.15) is 0 Å². The maximum atomic E-state index is 12.8. The van der Waals surface area contributed by atoms with Crippen LogP contribution < -0.4 is 5.32 Å². The molecule has 132 valence electrons. The van der Waals surface area contributed by atoms with Crippen molar-refractivity contribution in [2.24, 2.45) is 0 Å². The zero-order valence-electron chi connectivity index (χ0n) is 13.6. The first-order valence-electron chi connectivity index (χ1n) is 7.48. The van der Waals surface area contributed by atoms with Crippen LogP contribution in [0.5, 0.6) is 0 Å². The number of hydrogen-bond donors (Lipinski definition) is 1. The molecule has 1 N–H and O–H groups in total. The fraction of sp³-hybridized carbons (Fsp3) is 0.222. The molecular weight excluding hydrogens is 409 g/mol. The third-order valence-corrected chi connectivity index (χ3v) is 4.80. The molecule has 0 spiro atoms. The Balaban J connectivity index is 1.68. The van der Waals surface area contributed by atoms with E-state index in [1.54, 1.807) is 18.2 Å². The van der Waals surface area contributed by atoms with Gasteiger partial charge in [0.1, 0.15) is 5.82 Å². The highest BCUT2D eigenvalue weighted by Gasteiger charge is 2.10. The van der Waals surface area contributed by atoms with Gasteiger partial charge in [0.05, 0.1) is 11.4 Å². The van der Waals surface area contributed by atoms with E-state index in [1.807, 2.05) is 19.1 Å². The van der Waals surface area contributed by atoms with E-state index >= 15 is 0 Å². The molecule has 0 atom stereocenters. The second kappa shape index (κ2) is 9.58. The number of nitrogens with one attached hydrogen (secondary N) is 1. The van der Waals surface area contributed by atoms with Crippen LogP contribution in [0.1, 0.15) is 11.1 Å². The Morgan fingerprint density at radius 2 is 1.92 bits per heavy atom. The summed E-state index contributed by atoms with van der Waals surface area (Å²) in [5.74, 6) is -0.470. The van der Waals surface area contributed by atoms with Gasteiger partial charge in [0.15, 0.2) is 6.61 Å². The van der Waals surface area contributed by atoms with Crippen LogP contribution >= 0.6 is 27.7 Å². The number of carbonyl (C=O) groups is 2. The van der Waals surface area contributed by atoms with Crippen molar-refractivity contribution in [3.63, 3.8) is 0 Å². The predicted octanol–water partition coefficient (Wildman–Crippen LogP) is 4.31. The highest BCUT2D eigenvalue weighted by molar-refractivity contribution is 9.10. The molecule has 0 radical (unpaired) electrons. The van der Waals surface area contributed by atoms with Crippen LogP contribution in [0.3, 0.4) is 0 Å². The molecule has 1 amide bonds. The first-order valence-corrected chi connectivity index (χ1v) is 9.42. The molecule has 0 heterocycles. The Morgan fingerprint density at radius 3 is 2.60 bits per heavy atom. The Bertz CT molecular complexity index is 752. The molecule has 0 aliphatic carbocycles. The molecule has 0 saturated heterocycles. The molecule has 0 saturated carbocycles. The summed E-state index contributed by atoms with van der Waals surface area (Å²) in [5, 5.41) is 2.67. The van der Waals surface area contributed by atoms with Gasteiger partial charge in [0.25, 0.3) is 5.91 Å². The lowest BCUT2D eigenvalue weighted by Gasteiger charge is -2.09. The van der Waals surface area contributed by atoms with Crippen LogP contribution in [-0.2, 0) is 20.1 Å². The number of thioether (sulfide) groups is 1. The number of amides is 1. The summed E-state index contributed by atoms with van der Waals surface area (Å²) in [4.78, 5) is 23.5. The van der Waals surface area contributed by atoms with Gasteiger partial charge in [0.2, 0.25) is 0 Å². The second-order valence-corrected chi connectivity index (χ2v) is 7.15. The minimum atomic E-state index is -0.467. The number of halogens is 2. The lowest BCUT2D eigenvalue weighted by molar-refractivity contribution is -0.144. The third kappa shape index (κ3) is 6.88. The predicted molar refractivity (Wildman–Crippen MR) is 101 cm³/mol. The maximum Gasteiger partial charge on any atom is 0.316 e. The third-order valence-electron chi connectivity index (χ3n) is 3.16. The van der Waals surface area contributed by atoms with Crippen molar-refractivity contribution in [1.29, 1.82) is 0 Å². The molecule has 2 aromatic carbocycles. The number of aryl methyl sites for hydroxylation is 1. The molecule has 0 unspecified atom stereocenters. The Morgan fingerprint density at radius 1 is 1.20 bits per heavy atom. The second-order valence-electron chi connectivity index (χ2n) is 5.31. The molecule has 25 heavy (non-hydrogen) atoms. The van der Waals surface area contributed by atoms with Crippen LogP contribution in [0, 0.1) is 12.7 Å². The molecule has 0 fully saturated rings. The van der Waals surface area contributed by atoms with Gasteiger partial charge in [-0.15, -0.1) is 11.8 Å². The van der Waals surface area contributed by atoms with E-state index < -0.39 is 11.9 Å². The van der Waals surface area contributed by atoms with Crippen molar-refractivity contribution in [3.05, 3.63) is 63.9 Å². The van der Waals surface area contributed by atoms with Crippen LogP contribution in [-0.4, -0.2) is 24.2 Å². The molecule has 2 aromatic rings. The summed E-state index contributed by atoms with van der Waals surface area (Å²) < 4.78 is 18.5. The number of hydrogen-bond acceptors (Lipinski definition) is 4. The van der Waals surface area contributed by atoms with E-state index in [0.717, 1.165) is 15.6 Å². The summed E-state index contributed by atoms with van der Waals surface area (Å²) in [6.45, 7) is 1.61. The smallest absolute Gasteiger partial charge is 0.316 e. The Labute approximate surface area is 158 Å². The first kappa shape index (κ1) is 19.5. The van der Waals surface area contributed by atoms with Gasteiger partial charge >= 0.3 is 5.97 Å². The standard InChI is InChI=1S/C18H17BrFNO3S/c1-12-2-7-16(15(19)8-12)21-17(22)9-24-18(23)11-25-10-13-3-5-14(20)6-4-13/h2-8H,9-11H2,1H3,(H,21,22). The van der Waals surface area contributed by atoms with Crippen molar-refractivity contribution in [2.45, 2.75) is 12.7 Å². The van der Waals surface area contributed by atoms with Crippen LogP contribution in [0.25, 0.3) is 0 Å². The van der Waals surface area contributed by atoms with Crippen LogP contribution in [0.15, 0.2) is 46.9 Å².